The summed E-state index contributed by atoms with van der Waals surface area (Å²) in [5.41, 5.74) is 2.23. The molecule has 3 rings (SSSR count). The molecule has 0 aliphatic rings. The van der Waals surface area contributed by atoms with E-state index >= 15 is 0 Å². The molecule has 1 N–H and O–H groups in total. The van der Waals surface area contributed by atoms with Gasteiger partial charge in [0.15, 0.2) is 5.58 Å². The third kappa shape index (κ3) is 3.40. The summed E-state index contributed by atoms with van der Waals surface area (Å²) in [6.45, 7) is 5.58. The van der Waals surface area contributed by atoms with Crippen molar-refractivity contribution in [2.45, 2.75) is 20.8 Å². The van der Waals surface area contributed by atoms with Crippen LogP contribution in [0.15, 0.2) is 40.8 Å². The van der Waals surface area contributed by atoms with Gasteiger partial charge in [-0.05, 0) is 36.4 Å². The van der Waals surface area contributed by atoms with Crippen LogP contribution in [0.1, 0.15) is 20.8 Å². The highest BCUT2D eigenvalue weighted by molar-refractivity contribution is 6.42. The Morgan fingerprint density at radius 1 is 1.08 bits per heavy atom. The molecule has 1 amide bonds. The molecule has 6 heteroatoms. The molecule has 3 aromatic rings. The molecule has 0 saturated carbocycles. The number of aromatic nitrogens is 1. The number of carbonyl (C=O) groups is 1. The number of hydrogen-bond donors (Lipinski definition) is 1. The van der Waals surface area contributed by atoms with Gasteiger partial charge in [0.05, 0.1) is 10.0 Å². The van der Waals surface area contributed by atoms with Crippen LogP contribution in [0.25, 0.3) is 22.6 Å². The van der Waals surface area contributed by atoms with Crippen molar-refractivity contribution in [3.05, 3.63) is 46.4 Å². The minimum Gasteiger partial charge on any atom is -0.436 e. The third-order valence-corrected chi connectivity index (χ3v) is 4.23. The number of carbonyl (C=O) groups excluding carboxylic acids is 1. The Morgan fingerprint density at radius 3 is 2.50 bits per heavy atom. The van der Waals surface area contributed by atoms with E-state index in [4.69, 9.17) is 27.6 Å². The van der Waals surface area contributed by atoms with Crippen LogP contribution in [0, 0.1) is 5.41 Å². The van der Waals surface area contributed by atoms with Gasteiger partial charge in [-0.1, -0.05) is 44.0 Å². The lowest BCUT2D eigenvalue weighted by atomic mass is 9.95. The maximum absolute atomic E-state index is 12.1. The van der Waals surface area contributed by atoms with Gasteiger partial charge in [-0.3, -0.25) is 4.79 Å². The van der Waals surface area contributed by atoms with E-state index in [2.05, 4.69) is 10.3 Å². The number of rotatable bonds is 2. The van der Waals surface area contributed by atoms with E-state index in [-0.39, 0.29) is 5.91 Å². The third-order valence-electron chi connectivity index (χ3n) is 3.49. The van der Waals surface area contributed by atoms with Gasteiger partial charge in [0.2, 0.25) is 11.8 Å². The predicted molar refractivity (Wildman–Crippen MR) is 97.5 cm³/mol. The molecular weight excluding hydrogens is 347 g/mol. The highest BCUT2D eigenvalue weighted by Crippen LogP contribution is 2.31. The van der Waals surface area contributed by atoms with Gasteiger partial charge in [-0.2, -0.15) is 0 Å². The first-order valence-electron chi connectivity index (χ1n) is 7.41. The van der Waals surface area contributed by atoms with Crippen LogP contribution in [0.2, 0.25) is 10.0 Å². The molecule has 0 saturated heterocycles. The molecule has 124 valence electrons. The molecular formula is C18H16Cl2N2O2. The smallest absolute Gasteiger partial charge is 0.229 e. The second kappa shape index (κ2) is 6.11. The first-order valence-corrected chi connectivity index (χ1v) is 8.17. The first kappa shape index (κ1) is 16.8. The molecule has 24 heavy (non-hydrogen) atoms. The zero-order valence-electron chi connectivity index (χ0n) is 13.5. The number of anilines is 1. The van der Waals surface area contributed by atoms with Crippen LogP contribution in [0.4, 0.5) is 5.69 Å². The molecule has 0 atom stereocenters. The van der Waals surface area contributed by atoms with E-state index in [0.29, 0.717) is 32.7 Å². The number of benzene rings is 2. The van der Waals surface area contributed by atoms with Crippen LogP contribution < -0.4 is 5.32 Å². The highest BCUT2D eigenvalue weighted by atomic mass is 35.5. The first-order chi connectivity index (χ1) is 11.2. The summed E-state index contributed by atoms with van der Waals surface area (Å²) < 4.78 is 5.75. The van der Waals surface area contributed by atoms with Crippen LogP contribution in [-0.2, 0) is 4.79 Å². The summed E-state index contributed by atoms with van der Waals surface area (Å²) in [7, 11) is 0. The molecule has 1 aromatic heterocycles. The summed E-state index contributed by atoms with van der Waals surface area (Å²) in [6, 6.07) is 10.5. The van der Waals surface area contributed by atoms with Crippen molar-refractivity contribution >= 4 is 45.9 Å². The lowest BCUT2D eigenvalue weighted by Crippen LogP contribution is -2.27. The Hall–Kier alpha value is -2.04. The van der Waals surface area contributed by atoms with Crippen LogP contribution in [0.5, 0.6) is 0 Å². The lowest BCUT2D eigenvalue weighted by Gasteiger charge is -2.17. The van der Waals surface area contributed by atoms with Gasteiger partial charge < -0.3 is 9.73 Å². The predicted octanol–water partition coefficient (Wildman–Crippen LogP) is 5.79. The monoisotopic (exact) mass is 362 g/mol. The number of fused-ring (bicyclic) bond motifs is 1. The zero-order valence-corrected chi connectivity index (χ0v) is 15.0. The number of nitrogens with one attached hydrogen (secondary N) is 1. The van der Waals surface area contributed by atoms with E-state index in [1.165, 1.54) is 0 Å². The van der Waals surface area contributed by atoms with Crippen LogP contribution in [0.3, 0.4) is 0 Å². The van der Waals surface area contributed by atoms with Crippen LogP contribution >= 0.6 is 23.2 Å². The van der Waals surface area contributed by atoms with E-state index in [0.717, 1.165) is 5.56 Å². The summed E-state index contributed by atoms with van der Waals surface area (Å²) in [5.74, 6) is 0.387. The molecule has 4 nitrogen and oxygen atoms in total. The summed E-state index contributed by atoms with van der Waals surface area (Å²) >= 11 is 12.0. The Morgan fingerprint density at radius 2 is 1.83 bits per heavy atom. The van der Waals surface area contributed by atoms with Crippen molar-refractivity contribution in [3.63, 3.8) is 0 Å². The Labute approximate surface area is 149 Å². The maximum atomic E-state index is 12.1. The zero-order chi connectivity index (χ0) is 17.5. The van der Waals surface area contributed by atoms with Crippen molar-refractivity contribution in [2.75, 3.05) is 5.32 Å². The molecule has 0 aliphatic carbocycles. The van der Waals surface area contributed by atoms with Gasteiger partial charge in [0.1, 0.15) is 5.52 Å². The van der Waals surface area contributed by atoms with Gasteiger partial charge in [0, 0.05) is 16.7 Å². The minimum absolute atomic E-state index is 0.0601. The number of oxazole rings is 1. The van der Waals surface area contributed by atoms with E-state index < -0.39 is 5.41 Å². The van der Waals surface area contributed by atoms with E-state index in [1.807, 2.05) is 20.8 Å². The molecule has 0 aliphatic heterocycles. The summed E-state index contributed by atoms with van der Waals surface area (Å²) in [4.78, 5) is 16.5. The van der Waals surface area contributed by atoms with Crippen molar-refractivity contribution in [2.24, 2.45) is 5.41 Å². The largest absolute Gasteiger partial charge is 0.436 e. The van der Waals surface area contributed by atoms with Crippen molar-refractivity contribution in [3.8, 4) is 11.5 Å². The van der Waals surface area contributed by atoms with E-state index in [1.54, 1.807) is 36.4 Å². The normalized spacial score (nSPS) is 11.7. The molecule has 2 aromatic carbocycles. The fourth-order valence-electron chi connectivity index (χ4n) is 2.08. The highest BCUT2D eigenvalue weighted by Gasteiger charge is 2.21. The SMILES string of the molecule is CC(C)(C)C(=O)Nc1ccc2oc(-c3ccc(Cl)c(Cl)c3)nc2c1. The number of halogens is 2. The maximum Gasteiger partial charge on any atom is 0.229 e. The second-order valence-electron chi connectivity index (χ2n) is 6.53. The Balaban J connectivity index is 1.94. The molecule has 1 heterocycles. The fraction of sp³-hybridized carbons (Fsp3) is 0.222. The number of amides is 1. The topological polar surface area (TPSA) is 55.1 Å². The van der Waals surface area contributed by atoms with Crippen LogP contribution in [-0.4, -0.2) is 10.9 Å². The molecule has 0 unspecified atom stereocenters. The molecule has 0 spiro atoms. The lowest BCUT2D eigenvalue weighted by molar-refractivity contribution is -0.123. The van der Waals surface area contributed by atoms with E-state index in [9.17, 15) is 4.79 Å². The standard InChI is InChI=1S/C18H16Cl2N2O2/c1-18(2,3)17(23)21-11-5-7-15-14(9-11)22-16(24-15)10-4-6-12(19)13(20)8-10/h4-9H,1-3H3,(H,21,23). The number of nitrogens with zero attached hydrogens (tertiary/aromatic N) is 1. The second-order valence-corrected chi connectivity index (χ2v) is 7.35. The Kier molecular flexibility index (Phi) is 4.28. The van der Waals surface area contributed by atoms with Crippen molar-refractivity contribution in [1.29, 1.82) is 0 Å². The summed E-state index contributed by atoms with van der Waals surface area (Å²) in [5, 5.41) is 3.80. The van der Waals surface area contributed by atoms with Gasteiger partial charge >= 0.3 is 0 Å². The van der Waals surface area contributed by atoms with Crippen molar-refractivity contribution < 1.29 is 9.21 Å². The average Bonchev–Trinajstić information content (AvgIpc) is 2.92. The Bertz CT molecular complexity index is 926. The molecule has 0 bridgehead atoms. The molecule has 0 fully saturated rings. The number of hydrogen-bond acceptors (Lipinski definition) is 3. The van der Waals surface area contributed by atoms with Gasteiger partial charge in [-0.15, -0.1) is 0 Å². The molecule has 0 radical (unpaired) electrons. The quantitative estimate of drug-likeness (QED) is 0.627. The van der Waals surface area contributed by atoms with Gasteiger partial charge in [0.25, 0.3) is 0 Å². The van der Waals surface area contributed by atoms with Gasteiger partial charge in [-0.25, -0.2) is 4.98 Å². The van der Waals surface area contributed by atoms with Crippen molar-refractivity contribution in [1.82, 2.24) is 4.98 Å². The fourth-order valence-corrected chi connectivity index (χ4v) is 2.37. The average molecular weight is 363 g/mol. The minimum atomic E-state index is -0.468. The summed E-state index contributed by atoms with van der Waals surface area (Å²) in [6.07, 6.45) is 0.